The van der Waals surface area contributed by atoms with Crippen LogP contribution in [-0.4, -0.2) is 44.5 Å². The molecule has 0 amide bonds. The van der Waals surface area contributed by atoms with Crippen molar-refractivity contribution in [3.05, 3.63) is 6.20 Å². The van der Waals surface area contributed by atoms with Gasteiger partial charge >= 0.3 is 0 Å². The number of aromatic nitrogens is 4. The number of fused-ring (bicyclic) bond motifs is 1. The van der Waals surface area contributed by atoms with Gasteiger partial charge < -0.3 is 10.6 Å². The van der Waals surface area contributed by atoms with Crippen LogP contribution >= 0.6 is 0 Å². The molecule has 2 heterocycles. The van der Waals surface area contributed by atoms with Gasteiger partial charge in [0.15, 0.2) is 11.5 Å². The fourth-order valence-electron chi connectivity index (χ4n) is 2.02. The van der Waals surface area contributed by atoms with Crippen molar-refractivity contribution < 1.29 is 0 Å². The van der Waals surface area contributed by atoms with Crippen LogP contribution in [0.25, 0.3) is 11.0 Å². The van der Waals surface area contributed by atoms with E-state index in [0.29, 0.717) is 11.5 Å². The highest BCUT2D eigenvalue weighted by molar-refractivity contribution is 5.86. The molecule has 114 valence electrons. The van der Waals surface area contributed by atoms with Gasteiger partial charge in [-0.1, -0.05) is 26.7 Å². The van der Waals surface area contributed by atoms with Crippen molar-refractivity contribution >= 4 is 29.1 Å². The fraction of sp³-hybridized carbons (Fsp3) is 0.571. The zero-order valence-corrected chi connectivity index (χ0v) is 12.7. The van der Waals surface area contributed by atoms with Crippen LogP contribution in [0.3, 0.4) is 0 Å². The van der Waals surface area contributed by atoms with Crippen LogP contribution in [0.4, 0.5) is 11.8 Å². The third-order valence-electron chi connectivity index (χ3n) is 3.25. The first-order valence-corrected chi connectivity index (χ1v) is 7.49. The average molecular weight is 289 g/mol. The SMILES string of the molecule is CCCCN(C=Nc1nc(N)nc2[nH]ncc12)CCCC. The van der Waals surface area contributed by atoms with E-state index in [-0.39, 0.29) is 5.95 Å². The van der Waals surface area contributed by atoms with Gasteiger partial charge in [0.05, 0.1) is 17.9 Å². The lowest BCUT2D eigenvalue weighted by Crippen LogP contribution is -2.24. The highest BCUT2D eigenvalue weighted by Gasteiger charge is 2.07. The van der Waals surface area contributed by atoms with Crippen LogP contribution < -0.4 is 5.73 Å². The number of aliphatic imine (C=N–C) groups is 1. The number of hydrogen-bond acceptors (Lipinski definition) is 5. The Morgan fingerprint density at radius 3 is 2.62 bits per heavy atom. The van der Waals surface area contributed by atoms with Crippen LogP contribution in [0.1, 0.15) is 39.5 Å². The van der Waals surface area contributed by atoms with E-state index in [1.807, 2.05) is 6.34 Å². The number of hydrogen-bond donors (Lipinski definition) is 2. The Morgan fingerprint density at radius 1 is 1.24 bits per heavy atom. The Bertz CT molecular complexity index is 582. The number of nitrogens with one attached hydrogen (secondary N) is 1. The monoisotopic (exact) mass is 289 g/mol. The largest absolute Gasteiger partial charge is 0.368 e. The van der Waals surface area contributed by atoms with Crippen molar-refractivity contribution in [2.75, 3.05) is 18.8 Å². The minimum absolute atomic E-state index is 0.201. The first-order valence-electron chi connectivity index (χ1n) is 7.49. The maximum absolute atomic E-state index is 5.69. The standard InChI is InChI=1S/C14H23N7/c1-3-5-7-21(8-6-4-2)10-16-12-11-9-17-20-13(11)19-14(15)18-12/h9-10H,3-8H2,1-2H3,(H3,15,17,18,19,20). The van der Waals surface area contributed by atoms with Crippen LogP contribution in [0.2, 0.25) is 0 Å². The molecule has 0 saturated carbocycles. The zero-order chi connectivity index (χ0) is 15.1. The number of rotatable bonds is 8. The first-order chi connectivity index (χ1) is 10.2. The Morgan fingerprint density at radius 2 is 1.95 bits per heavy atom. The molecule has 3 N–H and O–H groups in total. The van der Waals surface area contributed by atoms with Gasteiger partial charge in [0.1, 0.15) is 0 Å². The Balaban J connectivity index is 2.16. The maximum Gasteiger partial charge on any atom is 0.224 e. The van der Waals surface area contributed by atoms with Gasteiger partial charge in [-0.2, -0.15) is 15.1 Å². The molecule has 0 bridgehead atoms. The van der Waals surface area contributed by atoms with E-state index in [0.717, 1.165) is 31.3 Å². The van der Waals surface area contributed by atoms with Crippen LogP contribution in [0, 0.1) is 0 Å². The van der Waals surface area contributed by atoms with Crippen LogP contribution in [0.15, 0.2) is 11.2 Å². The number of nitrogens with zero attached hydrogens (tertiary/aromatic N) is 5. The van der Waals surface area contributed by atoms with Crippen molar-refractivity contribution in [2.24, 2.45) is 4.99 Å². The fourth-order valence-corrected chi connectivity index (χ4v) is 2.02. The van der Waals surface area contributed by atoms with E-state index < -0.39 is 0 Å². The second-order valence-corrected chi connectivity index (χ2v) is 5.03. The molecule has 0 saturated heterocycles. The highest BCUT2D eigenvalue weighted by atomic mass is 15.2. The second-order valence-electron chi connectivity index (χ2n) is 5.03. The molecule has 2 rings (SSSR count). The summed E-state index contributed by atoms with van der Waals surface area (Å²) >= 11 is 0. The predicted octanol–water partition coefficient (Wildman–Crippen LogP) is 2.50. The van der Waals surface area contributed by atoms with Gasteiger partial charge in [-0.3, -0.25) is 5.10 Å². The summed E-state index contributed by atoms with van der Waals surface area (Å²) in [5, 5.41) is 7.53. The van der Waals surface area contributed by atoms with E-state index in [2.05, 4.69) is 43.9 Å². The quantitative estimate of drug-likeness (QED) is 0.575. The Hall–Kier alpha value is -2.18. The van der Waals surface area contributed by atoms with E-state index in [1.165, 1.54) is 12.8 Å². The minimum atomic E-state index is 0.201. The van der Waals surface area contributed by atoms with Gasteiger partial charge in [0, 0.05) is 13.1 Å². The molecule has 7 nitrogen and oxygen atoms in total. The topological polar surface area (TPSA) is 96.1 Å². The third kappa shape index (κ3) is 4.14. The number of nitrogens with two attached hydrogens (primary N) is 1. The van der Waals surface area contributed by atoms with Crippen molar-refractivity contribution in [1.82, 2.24) is 25.1 Å². The summed E-state index contributed by atoms with van der Waals surface area (Å²) in [6, 6.07) is 0. The van der Waals surface area contributed by atoms with E-state index >= 15 is 0 Å². The van der Waals surface area contributed by atoms with E-state index in [9.17, 15) is 0 Å². The molecule has 0 fully saturated rings. The average Bonchev–Trinajstić information content (AvgIpc) is 2.94. The molecule has 2 aromatic rings. The number of unbranched alkanes of at least 4 members (excludes halogenated alkanes) is 2. The smallest absolute Gasteiger partial charge is 0.224 e. The molecule has 0 spiro atoms. The van der Waals surface area contributed by atoms with Crippen molar-refractivity contribution in [3.63, 3.8) is 0 Å². The summed E-state index contributed by atoms with van der Waals surface area (Å²) < 4.78 is 0. The van der Waals surface area contributed by atoms with Crippen LogP contribution in [-0.2, 0) is 0 Å². The van der Waals surface area contributed by atoms with Gasteiger partial charge in [0.25, 0.3) is 0 Å². The minimum Gasteiger partial charge on any atom is -0.368 e. The number of H-pyrrole nitrogens is 1. The number of aromatic amines is 1. The van der Waals surface area contributed by atoms with E-state index in [1.54, 1.807) is 6.20 Å². The molecule has 0 atom stereocenters. The van der Waals surface area contributed by atoms with Gasteiger partial charge in [-0.15, -0.1) is 0 Å². The lowest BCUT2D eigenvalue weighted by atomic mass is 10.3. The molecule has 0 aliphatic carbocycles. The molecule has 0 unspecified atom stereocenters. The van der Waals surface area contributed by atoms with Crippen molar-refractivity contribution in [2.45, 2.75) is 39.5 Å². The lowest BCUT2D eigenvalue weighted by Gasteiger charge is -2.18. The molecule has 0 aliphatic heterocycles. The number of nitrogen functional groups attached to an aromatic ring is 1. The first kappa shape index (κ1) is 15.2. The summed E-state index contributed by atoms with van der Waals surface area (Å²) in [4.78, 5) is 15.0. The zero-order valence-electron chi connectivity index (χ0n) is 12.7. The summed E-state index contributed by atoms with van der Waals surface area (Å²) in [5.74, 6) is 0.761. The van der Waals surface area contributed by atoms with Crippen molar-refractivity contribution in [1.29, 1.82) is 0 Å². The van der Waals surface area contributed by atoms with Gasteiger partial charge in [-0.25, -0.2) is 4.99 Å². The Kier molecular flexibility index (Phi) is 5.48. The molecule has 2 aromatic heterocycles. The van der Waals surface area contributed by atoms with Crippen molar-refractivity contribution in [3.8, 4) is 0 Å². The molecular weight excluding hydrogens is 266 g/mol. The summed E-state index contributed by atoms with van der Waals surface area (Å²) in [6.45, 7) is 6.40. The van der Waals surface area contributed by atoms with E-state index in [4.69, 9.17) is 5.73 Å². The molecule has 7 heteroatoms. The van der Waals surface area contributed by atoms with Gasteiger partial charge in [-0.05, 0) is 12.8 Å². The molecular formula is C14H23N7. The summed E-state index contributed by atoms with van der Waals surface area (Å²) in [5.41, 5.74) is 6.31. The maximum atomic E-state index is 5.69. The van der Waals surface area contributed by atoms with Gasteiger partial charge in [0.2, 0.25) is 5.95 Å². The molecule has 0 aliphatic rings. The second kappa shape index (κ2) is 7.56. The predicted molar refractivity (Wildman–Crippen MR) is 85.6 cm³/mol. The third-order valence-corrected chi connectivity index (χ3v) is 3.25. The highest BCUT2D eigenvalue weighted by Crippen LogP contribution is 2.21. The Labute approximate surface area is 124 Å². The molecule has 0 radical (unpaired) electrons. The molecule has 0 aromatic carbocycles. The molecule has 21 heavy (non-hydrogen) atoms. The normalized spacial score (nSPS) is 11.5. The lowest BCUT2D eigenvalue weighted by molar-refractivity contribution is 0.409. The summed E-state index contributed by atoms with van der Waals surface area (Å²) in [6.07, 6.45) is 8.18. The summed E-state index contributed by atoms with van der Waals surface area (Å²) in [7, 11) is 0. The van der Waals surface area contributed by atoms with Crippen LogP contribution in [0.5, 0.6) is 0 Å². The number of anilines is 1.